The summed E-state index contributed by atoms with van der Waals surface area (Å²) in [5.41, 5.74) is 2.40. The summed E-state index contributed by atoms with van der Waals surface area (Å²) in [5, 5.41) is 0. The third-order valence-electron chi connectivity index (χ3n) is 4.46. The number of carbonyl (C=O) groups excluding carboxylic acids is 2. The van der Waals surface area contributed by atoms with E-state index in [1.165, 1.54) is 0 Å². The Balaban J connectivity index is 2.30. The number of benzene rings is 2. The van der Waals surface area contributed by atoms with Gasteiger partial charge in [0.2, 0.25) is 0 Å². The van der Waals surface area contributed by atoms with Crippen LogP contribution in [0.5, 0.6) is 5.75 Å². The lowest BCUT2D eigenvalue weighted by Crippen LogP contribution is -2.17. The van der Waals surface area contributed by atoms with E-state index in [1.807, 2.05) is 43.3 Å². The maximum Gasteiger partial charge on any atom is 0.359 e. The minimum atomic E-state index is -0.679. The lowest BCUT2D eigenvalue weighted by molar-refractivity contribution is 0.0469. The number of carbonyl (C=O) groups is 2. The van der Waals surface area contributed by atoms with Crippen LogP contribution in [0, 0.1) is 6.92 Å². The van der Waals surface area contributed by atoms with E-state index in [0.717, 1.165) is 5.56 Å². The highest BCUT2D eigenvalue weighted by Gasteiger charge is 2.30. The second-order valence-corrected chi connectivity index (χ2v) is 6.47. The van der Waals surface area contributed by atoms with Crippen LogP contribution < -0.4 is 4.74 Å². The Hall–Kier alpha value is -3.61. The van der Waals surface area contributed by atoms with E-state index in [0.29, 0.717) is 22.8 Å². The van der Waals surface area contributed by atoms with Crippen molar-refractivity contribution in [3.8, 4) is 22.8 Å². The molecule has 3 rings (SSSR count). The first kappa shape index (κ1) is 21.1. The number of rotatable bonds is 7. The highest BCUT2D eigenvalue weighted by molar-refractivity contribution is 6.02. The number of esters is 2. The Bertz CT molecular complexity index is 1040. The molecule has 0 saturated carbocycles. The lowest BCUT2D eigenvalue weighted by Gasteiger charge is -2.13. The number of hydrogen-bond donors (Lipinski definition) is 0. The van der Waals surface area contributed by atoms with Gasteiger partial charge in [0.15, 0.2) is 11.4 Å². The van der Waals surface area contributed by atoms with Gasteiger partial charge < -0.3 is 14.2 Å². The zero-order valence-electron chi connectivity index (χ0n) is 17.5. The van der Waals surface area contributed by atoms with Crippen molar-refractivity contribution in [2.24, 2.45) is 0 Å². The Morgan fingerprint density at radius 2 is 1.50 bits per heavy atom. The first-order valence-corrected chi connectivity index (χ1v) is 9.68. The van der Waals surface area contributed by atoms with E-state index in [1.54, 1.807) is 37.7 Å². The molecule has 0 N–H and O–H groups in total. The Morgan fingerprint density at radius 1 is 0.900 bits per heavy atom. The van der Waals surface area contributed by atoms with Crippen LogP contribution in [0.15, 0.2) is 48.5 Å². The SMILES string of the molecule is CCOC(=O)c1nc(-c2ccc(OC)cc2)n(-c2ccc(C)cc2)c1C(=O)OCC. The van der Waals surface area contributed by atoms with Crippen LogP contribution >= 0.6 is 0 Å². The summed E-state index contributed by atoms with van der Waals surface area (Å²) in [7, 11) is 1.58. The van der Waals surface area contributed by atoms with Crippen molar-refractivity contribution in [3.05, 3.63) is 65.5 Å². The molecule has 0 radical (unpaired) electrons. The summed E-state index contributed by atoms with van der Waals surface area (Å²) in [6.07, 6.45) is 0. The molecule has 1 aromatic heterocycles. The third kappa shape index (κ3) is 4.20. The van der Waals surface area contributed by atoms with Crippen LogP contribution in [-0.4, -0.2) is 41.8 Å². The standard InChI is InChI=1S/C23H24N2O5/c1-5-29-22(26)19-20(23(27)30-6-2)25(17-11-7-15(3)8-12-17)21(24-19)16-9-13-18(28-4)14-10-16/h7-14H,5-6H2,1-4H3. The van der Waals surface area contributed by atoms with E-state index in [2.05, 4.69) is 4.98 Å². The average molecular weight is 408 g/mol. The molecular formula is C23H24N2O5. The number of imidazole rings is 1. The van der Waals surface area contributed by atoms with Gasteiger partial charge in [-0.2, -0.15) is 0 Å². The molecule has 30 heavy (non-hydrogen) atoms. The maximum atomic E-state index is 12.9. The number of methoxy groups -OCH3 is 1. The summed E-state index contributed by atoms with van der Waals surface area (Å²) in [6, 6.07) is 14.8. The Labute approximate surface area is 175 Å². The van der Waals surface area contributed by atoms with Crippen LogP contribution in [0.1, 0.15) is 40.4 Å². The minimum absolute atomic E-state index is 0.0324. The van der Waals surface area contributed by atoms with Gasteiger partial charge in [-0.05, 0) is 57.2 Å². The zero-order chi connectivity index (χ0) is 21.7. The van der Waals surface area contributed by atoms with Gasteiger partial charge in [0.1, 0.15) is 11.6 Å². The number of aromatic nitrogens is 2. The van der Waals surface area contributed by atoms with E-state index >= 15 is 0 Å². The highest BCUT2D eigenvalue weighted by atomic mass is 16.5. The topological polar surface area (TPSA) is 79.7 Å². The second-order valence-electron chi connectivity index (χ2n) is 6.47. The molecule has 0 spiro atoms. The quantitative estimate of drug-likeness (QED) is 0.545. The summed E-state index contributed by atoms with van der Waals surface area (Å²) in [5.74, 6) is -0.217. The van der Waals surface area contributed by atoms with Crippen LogP contribution in [0.4, 0.5) is 0 Å². The fourth-order valence-corrected chi connectivity index (χ4v) is 3.03. The fourth-order valence-electron chi connectivity index (χ4n) is 3.03. The molecule has 0 unspecified atom stereocenters. The highest BCUT2D eigenvalue weighted by Crippen LogP contribution is 2.29. The number of aryl methyl sites for hydroxylation is 1. The van der Waals surface area contributed by atoms with Gasteiger partial charge in [0.05, 0.1) is 20.3 Å². The molecule has 0 aliphatic carbocycles. The molecule has 0 saturated heterocycles. The normalized spacial score (nSPS) is 10.5. The van der Waals surface area contributed by atoms with Gasteiger partial charge in [0, 0.05) is 11.3 Å². The van der Waals surface area contributed by atoms with Crippen LogP contribution in [0.25, 0.3) is 17.1 Å². The van der Waals surface area contributed by atoms with Crippen molar-refractivity contribution >= 4 is 11.9 Å². The van der Waals surface area contributed by atoms with E-state index in [9.17, 15) is 9.59 Å². The van der Waals surface area contributed by atoms with Crippen molar-refractivity contribution in [1.82, 2.24) is 9.55 Å². The molecule has 0 aliphatic heterocycles. The summed E-state index contributed by atoms with van der Waals surface area (Å²) in [4.78, 5) is 30.0. The van der Waals surface area contributed by atoms with Crippen LogP contribution in [0.3, 0.4) is 0 Å². The van der Waals surface area contributed by atoms with Gasteiger partial charge in [-0.15, -0.1) is 0 Å². The van der Waals surface area contributed by atoms with Gasteiger partial charge >= 0.3 is 11.9 Å². The van der Waals surface area contributed by atoms with E-state index in [-0.39, 0.29) is 24.6 Å². The first-order valence-electron chi connectivity index (χ1n) is 9.68. The third-order valence-corrected chi connectivity index (χ3v) is 4.46. The molecule has 156 valence electrons. The number of ether oxygens (including phenoxy) is 3. The first-order chi connectivity index (χ1) is 14.5. The predicted octanol–water partition coefficient (Wildman–Crippen LogP) is 4.21. The number of nitrogens with zero attached hydrogens (tertiary/aromatic N) is 2. The van der Waals surface area contributed by atoms with E-state index in [4.69, 9.17) is 14.2 Å². The van der Waals surface area contributed by atoms with Gasteiger partial charge in [-0.25, -0.2) is 14.6 Å². The van der Waals surface area contributed by atoms with Crippen LogP contribution in [0.2, 0.25) is 0 Å². The molecule has 3 aromatic rings. The molecular weight excluding hydrogens is 384 g/mol. The minimum Gasteiger partial charge on any atom is -0.497 e. The number of hydrogen-bond acceptors (Lipinski definition) is 6. The Kier molecular flexibility index (Phi) is 6.51. The summed E-state index contributed by atoms with van der Waals surface area (Å²) in [6.45, 7) is 5.70. The van der Waals surface area contributed by atoms with Gasteiger partial charge in [-0.1, -0.05) is 17.7 Å². The molecule has 2 aromatic carbocycles. The predicted molar refractivity (Wildman–Crippen MR) is 112 cm³/mol. The smallest absolute Gasteiger partial charge is 0.359 e. The van der Waals surface area contributed by atoms with Crippen molar-refractivity contribution < 1.29 is 23.8 Å². The molecule has 7 nitrogen and oxygen atoms in total. The van der Waals surface area contributed by atoms with Crippen molar-refractivity contribution in [2.45, 2.75) is 20.8 Å². The summed E-state index contributed by atoms with van der Waals surface area (Å²) >= 11 is 0. The Morgan fingerprint density at radius 3 is 2.07 bits per heavy atom. The average Bonchev–Trinajstić information content (AvgIpc) is 3.15. The summed E-state index contributed by atoms with van der Waals surface area (Å²) < 4.78 is 17.2. The lowest BCUT2D eigenvalue weighted by atomic mass is 10.2. The molecule has 0 fully saturated rings. The zero-order valence-corrected chi connectivity index (χ0v) is 17.5. The van der Waals surface area contributed by atoms with Gasteiger partial charge in [0.25, 0.3) is 0 Å². The molecule has 0 amide bonds. The largest absolute Gasteiger partial charge is 0.497 e. The van der Waals surface area contributed by atoms with E-state index < -0.39 is 11.9 Å². The molecule has 0 bridgehead atoms. The van der Waals surface area contributed by atoms with Gasteiger partial charge in [-0.3, -0.25) is 4.57 Å². The van der Waals surface area contributed by atoms with Crippen molar-refractivity contribution in [3.63, 3.8) is 0 Å². The second kappa shape index (κ2) is 9.26. The monoisotopic (exact) mass is 408 g/mol. The molecule has 0 aliphatic rings. The molecule has 7 heteroatoms. The van der Waals surface area contributed by atoms with Crippen molar-refractivity contribution in [1.29, 1.82) is 0 Å². The van der Waals surface area contributed by atoms with Crippen molar-refractivity contribution in [2.75, 3.05) is 20.3 Å². The molecule has 1 heterocycles. The fraction of sp³-hybridized carbons (Fsp3) is 0.261. The molecule has 0 atom stereocenters. The maximum absolute atomic E-state index is 12.9. The van der Waals surface area contributed by atoms with Crippen LogP contribution in [-0.2, 0) is 9.47 Å².